The van der Waals surface area contributed by atoms with Crippen molar-refractivity contribution in [3.63, 3.8) is 0 Å². The first-order valence-electron chi connectivity index (χ1n) is 10.3. The summed E-state index contributed by atoms with van der Waals surface area (Å²) in [5.74, 6) is 1.17. The van der Waals surface area contributed by atoms with Crippen LogP contribution < -0.4 is 5.32 Å². The van der Waals surface area contributed by atoms with Crippen LogP contribution in [0.1, 0.15) is 58.3 Å². The van der Waals surface area contributed by atoms with Crippen LogP contribution >= 0.6 is 0 Å². The standard InChI is InChI=1S/C20H36N2O3/c1-16-3-5-17(6-4-16)25-18-7-13-22(14-8-18)19(23)20(15-24-2)9-11-21-12-10-20/h16-18,21H,3-15H2,1-2H3. The van der Waals surface area contributed by atoms with Gasteiger partial charge in [0.15, 0.2) is 0 Å². The summed E-state index contributed by atoms with van der Waals surface area (Å²) in [5.41, 5.74) is -0.312. The van der Waals surface area contributed by atoms with E-state index in [0.717, 1.165) is 57.8 Å². The second kappa shape index (κ2) is 8.83. The van der Waals surface area contributed by atoms with Crippen molar-refractivity contribution in [2.24, 2.45) is 11.3 Å². The molecule has 5 nitrogen and oxygen atoms in total. The van der Waals surface area contributed by atoms with E-state index in [2.05, 4.69) is 17.1 Å². The highest BCUT2D eigenvalue weighted by atomic mass is 16.5. The number of rotatable bonds is 5. The summed E-state index contributed by atoms with van der Waals surface area (Å²) in [6, 6.07) is 0. The lowest BCUT2D eigenvalue weighted by Crippen LogP contribution is -2.54. The smallest absolute Gasteiger partial charge is 0.231 e. The van der Waals surface area contributed by atoms with Crippen molar-refractivity contribution in [2.45, 2.75) is 70.5 Å². The van der Waals surface area contributed by atoms with Gasteiger partial charge in [0.2, 0.25) is 5.91 Å². The Kier molecular flexibility index (Phi) is 6.75. The minimum Gasteiger partial charge on any atom is -0.384 e. The minimum absolute atomic E-state index is 0.306. The fourth-order valence-electron chi connectivity index (χ4n) is 4.77. The molecule has 0 bridgehead atoms. The summed E-state index contributed by atoms with van der Waals surface area (Å²) in [7, 11) is 1.71. The van der Waals surface area contributed by atoms with Gasteiger partial charge in [-0.05, 0) is 70.4 Å². The number of ether oxygens (including phenoxy) is 2. The van der Waals surface area contributed by atoms with Crippen LogP contribution in [-0.2, 0) is 14.3 Å². The van der Waals surface area contributed by atoms with E-state index in [-0.39, 0.29) is 5.41 Å². The van der Waals surface area contributed by atoms with Crippen LogP contribution in [0.5, 0.6) is 0 Å². The monoisotopic (exact) mass is 352 g/mol. The van der Waals surface area contributed by atoms with Gasteiger partial charge in [0, 0.05) is 20.2 Å². The average Bonchev–Trinajstić information content (AvgIpc) is 2.65. The Labute approximate surface area is 152 Å². The van der Waals surface area contributed by atoms with E-state index >= 15 is 0 Å². The molecular formula is C20H36N2O3. The fourth-order valence-corrected chi connectivity index (χ4v) is 4.77. The third kappa shape index (κ3) is 4.75. The van der Waals surface area contributed by atoms with Crippen molar-refractivity contribution in [2.75, 3.05) is 39.9 Å². The van der Waals surface area contributed by atoms with Gasteiger partial charge in [0.25, 0.3) is 0 Å². The molecule has 1 saturated carbocycles. The Bertz CT molecular complexity index is 415. The molecule has 0 radical (unpaired) electrons. The molecule has 2 saturated heterocycles. The van der Waals surface area contributed by atoms with Gasteiger partial charge >= 0.3 is 0 Å². The molecular weight excluding hydrogens is 316 g/mol. The number of carbonyl (C=O) groups is 1. The lowest BCUT2D eigenvalue weighted by molar-refractivity contribution is -0.151. The van der Waals surface area contributed by atoms with Crippen LogP contribution in [0.3, 0.4) is 0 Å². The molecule has 144 valence electrons. The molecule has 0 unspecified atom stereocenters. The Morgan fingerprint density at radius 3 is 2.24 bits per heavy atom. The van der Waals surface area contributed by atoms with Gasteiger partial charge in [-0.25, -0.2) is 0 Å². The number of hydrogen-bond acceptors (Lipinski definition) is 4. The molecule has 1 aliphatic carbocycles. The molecule has 0 aromatic heterocycles. The van der Waals surface area contributed by atoms with Crippen molar-refractivity contribution in [1.82, 2.24) is 10.2 Å². The van der Waals surface area contributed by atoms with E-state index in [1.807, 2.05) is 0 Å². The van der Waals surface area contributed by atoms with Gasteiger partial charge in [-0.1, -0.05) is 6.92 Å². The predicted octanol–water partition coefficient (Wildman–Crippen LogP) is 2.59. The first-order valence-corrected chi connectivity index (χ1v) is 10.3. The third-order valence-corrected chi connectivity index (χ3v) is 6.51. The van der Waals surface area contributed by atoms with Crippen LogP contribution in [0, 0.1) is 11.3 Å². The van der Waals surface area contributed by atoms with E-state index in [9.17, 15) is 4.79 Å². The van der Waals surface area contributed by atoms with Gasteiger partial charge in [0.1, 0.15) is 0 Å². The number of methoxy groups -OCH3 is 1. The number of hydrogen-bond donors (Lipinski definition) is 1. The predicted molar refractivity (Wildman–Crippen MR) is 98.5 cm³/mol. The summed E-state index contributed by atoms with van der Waals surface area (Å²) in [5, 5.41) is 3.37. The first kappa shape index (κ1) is 19.1. The van der Waals surface area contributed by atoms with E-state index in [1.54, 1.807) is 7.11 Å². The Hall–Kier alpha value is -0.650. The van der Waals surface area contributed by atoms with Crippen LogP contribution in [0.25, 0.3) is 0 Å². The number of likely N-dealkylation sites (tertiary alicyclic amines) is 1. The van der Waals surface area contributed by atoms with E-state index in [0.29, 0.717) is 24.7 Å². The maximum atomic E-state index is 13.2. The van der Waals surface area contributed by atoms with E-state index in [4.69, 9.17) is 9.47 Å². The largest absolute Gasteiger partial charge is 0.384 e. The number of nitrogens with zero attached hydrogens (tertiary/aromatic N) is 1. The van der Waals surface area contributed by atoms with Crippen molar-refractivity contribution in [3.8, 4) is 0 Å². The molecule has 5 heteroatoms. The Balaban J connectivity index is 1.48. The molecule has 3 fully saturated rings. The summed E-state index contributed by atoms with van der Waals surface area (Å²) in [4.78, 5) is 15.3. The average molecular weight is 353 g/mol. The highest BCUT2D eigenvalue weighted by molar-refractivity contribution is 5.83. The highest BCUT2D eigenvalue weighted by Gasteiger charge is 2.43. The normalized spacial score (nSPS) is 31.0. The number of nitrogens with one attached hydrogen (secondary N) is 1. The summed E-state index contributed by atoms with van der Waals surface area (Å²) in [6.45, 7) is 6.39. The quantitative estimate of drug-likeness (QED) is 0.826. The van der Waals surface area contributed by atoms with E-state index < -0.39 is 0 Å². The van der Waals surface area contributed by atoms with Crippen molar-refractivity contribution in [1.29, 1.82) is 0 Å². The van der Waals surface area contributed by atoms with E-state index in [1.165, 1.54) is 25.7 Å². The molecule has 1 amide bonds. The van der Waals surface area contributed by atoms with Crippen molar-refractivity contribution in [3.05, 3.63) is 0 Å². The molecule has 3 rings (SSSR count). The summed E-state index contributed by atoms with van der Waals surface area (Å²) in [6.07, 6.45) is 9.56. The summed E-state index contributed by atoms with van der Waals surface area (Å²) >= 11 is 0. The fraction of sp³-hybridized carbons (Fsp3) is 0.950. The molecule has 0 aromatic carbocycles. The number of amides is 1. The highest BCUT2D eigenvalue weighted by Crippen LogP contribution is 2.33. The first-order chi connectivity index (χ1) is 12.1. The number of piperidine rings is 2. The van der Waals surface area contributed by atoms with Gasteiger partial charge in [-0.15, -0.1) is 0 Å². The molecule has 1 N–H and O–H groups in total. The lowest BCUT2D eigenvalue weighted by Gasteiger charge is -2.42. The topological polar surface area (TPSA) is 50.8 Å². The third-order valence-electron chi connectivity index (χ3n) is 6.51. The molecule has 0 spiro atoms. The molecule has 3 aliphatic rings. The Morgan fingerprint density at radius 1 is 1.04 bits per heavy atom. The van der Waals surface area contributed by atoms with Crippen LogP contribution in [0.4, 0.5) is 0 Å². The SMILES string of the molecule is COCC1(C(=O)N2CCC(OC3CCC(C)CC3)CC2)CCNCC1. The minimum atomic E-state index is -0.312. The van der Waals surface area contributed by atoms with Crippen molar-refractivity contribution < 1.29 is 14.3 Å². The molecule has 2 aliphatic heterocycles. The second-order valence-corrected chi connectivity index (χ2v) is 8.47. The molecule has 0 atom stereocenters. The van der Waals surface area contributed by atoms with Gasteiger partial charge in [0.05, 0.1) is 24.2 Å². The Morgan fingerprint density at radius 2 is 1.64 bits per heavy atom. The zero-order valence-electron chi connectivity index (χ0n) is 16.1. The van der Waals surface area contributed by atoms with Crippen LogP contribution in [0.2, 0.25) is 0 Å². The molecule has 2 heterocycles. The van der Waals surface area contributed by atoms with Gasteiger partial charge in [-0.2, -0.15) is 0 Å². The second-order valence-electron chi connectivity index (χ2n) is 8.47. The lowest BCUT2D eigenvalue weighted by atomic mass is 9.78. The zero-order valence-corrected chi connectivity index (χ0v) is 16.1. The molecule has 0 aromatic rings. The maximum absolute atomic E-state index is 13.2. The zero-order chi connectivity index (χ0) is 17.7. The maximum Gasteiger partial charge on any atom is 0.231 e. The summed E-state index contributed by atoms with van der Waals surface area (Å²) < 4.78 is 11.8. The van der Waals surface area contributed by atoms with Gasteiger partial charge in [-0.3, -0.25) is 4.79 Å². The molecule has 25 heavy (non-hydrogen) atoms. The van der Waals surface area contributed by atoms with Crippen molar-refractivity contribution >= 4 is 5.91 Å². The number of carbonyl (C=O) groups excluding carboxylic acids is 1. The van der Waals surface area contributed by atoms with Gasteiger partial charge < -0.3 is 19.7 Å². The van der Waals surface area contributed by atoms with Crippen LogP contribution in [0.15, 0.2) is 0 Å². The van der Waals surface area contributed by atoms with Crippen LogP contribution in [-0.4, -0.2) is 62.9 Å².